The van der Waals surface area contributed by atoms with E-state index in [2.05, 4.69) is 4.98 Å². The quantitative estimate of drug-likeness (QED) is 0.882. The van der Waals surface area contributed by atoms with Crippen LogP contribution in [0.1, 0.15) is 19.0 Å². The molecule has 0 amide bonds. The van der Waals surface area contributed by atoms with E-state index in [1.54, 1.807) is 10.5 Å². The maximum atomic E-state index is 13.4. The van der Waals surface area contributed by atoms with Gasteiger partial charge < -0.3 is 4.40 Å². The van der Waals surface area contributed by atoms with Gasteiger partial charge in [-0.05, 0) is 18.6 Å². The summed E-state index contributed by atoms with van der Waals surface area (Å²) >= 11 is 0. The second kappa shape index (κ2) is 3.30. The first-order valence-corrected chi connectivity index (χ1v) is 7.01. The third-order valence-corrected chi connectivity index (χ3v) is 4.41. The minimum atomic E-state index is -3.74. The largest absolute Gasteiger partial charge is 0.305 e. The van der Waals surface area contributed by atoms with E-state index in [1.807, 2.05) is 6.92 Å². The van der Waals surface area contributed by atoms with Gasteiger partial charge in [-0.15, -0.1) is 0 Å². The zero-order valence-corrected chi connectivity index (χ0v) is 10.5. The summed E-state index contributed by atoms with van der Waals surface area (Å²) in [4.78, 5) is 4.20. The lowest BCUT2D eigenvalue weighted by Gasteiger charge is -2.06. The number of aromatic nitrogens is 2. The number of hydrogen-bond donors (Lipinski definition) is 1. The van der Waals surface area contributed by atoms with E-state index < -0.39 is 21.6 Å². The predicted octanol–water partition coefficient (Wildman–Crippen LogP) is 0.981. The lowest BCUT2D eigenvalue weighted by Crippen LogP contribution is -2.13. The van der Waals surface area contributed by atoms with Crippen LogP contribution in [0, 0.1) is 0 Å². The van der Waals surface area contributed by atoms with Gasteiger partial charge in [0.15, 0.2) is 0 Å². The van der Waals surface area contributed by atoms with Crippen molar-refractivity contribution in [1.82, 2.24) is 9.38 Å². The molecule has 2 unspecified atom stereocenters. The number of fused-ring (bicyclic) bond motifs is 1. The molecule has 1 aliphatic rings. The molecule has 7 heteroatoms. The highest BCUT2D eigenvalue weighted by molar-refractivity contribution is 7.89. The first kappa shape index (κ1) is 11.6. The first-order chi connectivity index (χ1) is 8.32. The van der Waals surface area contributed by atoms with Crippen molar-refractivity contribution >= 4 is 15.5 Å². The molecule has 2 N–H and O–H groups in total. The zero-order chi connectivity index (χ0) is 13.1. The number of primary sulfonamides is 1. The van der Waals surface area contributed by atoms with Gasteiger partial charge in [0.2, 0.25) is 10.0 Å². The highest BCUT2D eigenvalue weighted by Gasteiger charge is 2.54. The van der Waals surface area contributed by atoms with E-state index >= 15 is 0 Å². The van der Waals surface area contributed by atoms with Gasteiger partial charge in [0.05, 0.1) is 22.4 Å². The van der Waals surface area contributed by atoms with E-state index in [4.69, 9.17) is 5.14 Å². The fraction of sp³-hybridized carbons (Fsp3) is 0.364. The Labute approximate surface area is 103 Å². The maximum absolute atomic E-state index is 13.4. The molecule has 0 aliphatic heterocycles. The fourth-order valence-corrected chi connectivity index (χ4v) is 2.66. The van der Waals surface area contributed by atoms with E-state index in [0.717, 1.165) is 0 Å². The van der Waals surface area contributed by atoms with Crippen LogP contribution in [0.25, 0.3) is 5.52 Å². The molecule has 0 saturated heterocycles. The van der Waals surface area contributed by atoms with Crippen LogP contribution < -0.4 is 5.14 Å². The van der Waals surface area contributed by atoms with Gasteiger partial charge in [-0.1, -0.05) is 6.92 Å². The van der Waals surface area contributed by atoms with Gasteiger partial charge in [0, 0.05) is 11.6 Å². The zero-order valence-electron chi connectivity index (χ0n) is 9.67. The van der Waals surface area contributed by atoms with Crippen molar-refractivity contribution in [3.8, 4) is 0 Å². The summed E-state index contributed by atoms with van der Waals surface area (Å²) in [5.41, 5.74) is 0.832. The van der Waals surface area contributed by atoms with Crippen LogP contribution in [-0.4, -0.2) is 24.0 Å². The number of rotatable bonds is 2. The van der Waals surface area contributed by atoms with Gasteiger partial charge in [0.1, 0.15) is 6.17 Å². The lowest BCUT2D eigenvalue weighted by molar-refractivity contribution is 0.430. The number of nitrogens with zero attached hydrogens (tertiary/aromatic N) is 2. The van der Waals surface area contributed by atoms with Crippen LogP contribution >= 0.6 is 0 Å². The van der Waals surface area contributed by atoms with E-state index in [9.17, 15) is 12.8 Å². The molecule has 1 fully saturated rings. The summed E-state index contributed by atoms with van der Waals surface area (Å²) in [6, 6.07) is 3.02. The van der Waals surface area contributed by atoms with Crippen molar-refractivity contribution < 1.29 is 12.8 Å². The normalized spacial score (nSPS) is 27.6. The molecule has 1 saturated carbocycles. The van der Waals surface area contributed by atoms with Crippen LogP contribution in [0.15, 0.2) is 29.6 Å². The SMILES string of the molecule is CC1(c2ncn3cc(S(N)(=O)=O)ccc23)CC1F. The Morgan fingerprint density at radius 2 is 2.22 bits per heavy atom. The van der Waals surface area contributed by atoms with Crippen molar-refractivity contribution in [2.75, 3.05) is 0 Å². The standard InChI is InChI=1S/C11H12FN3O2S/c1-11(4-9(11)12)10-8-3-2-7(18(13,16)17)5-15(8)6-14-10/h2-3,5-6,9H,4H2,1H3,(H2,13,16,17). The average molecular weight is 269 g/mol. The molecule has 3 rings (SSSR count). The van der Waals surface area contributed by atoms with Crippen molar-refractivity contribution in [3.05, 3.63) is 30.4 Å². The summed E-state index contributed by atoms with van der Waals surface area (Å²) < 4.78 is 37.4. The first-order valence-electron chi connectivity index (χ1n) is 5.46. The predicted molar refractivity (Wildman–Crippen MR) is 63.4 cm³/mol. The summed E-state index contributed by atoms with van der Waals surface area (Å²) in [5, 5.41) is 5.05. The van der Waals surface area contributed by atoms with Crippen LogP contribution in [0.4, 0.5) is 4.39 Å². The average Bonchev–Trinajstić information content (AvgIpc) is 2.75. The van der Waals surface area contributed by atoms with Gasteiger partial charge in [-0.2, -0.15) is 0 Å². The van der Waals surface area contributed by atoms with Crippen LogP contribution in [0.5, 0.6) is 0 Å². The number of nitrogens with two attached hydrogens (primary N) is 1. The summed E-state index contributed by atoms with van der Waals surface area (Å²) in [6.07, 6.45) is 2.45. The van der Waals surface area contributed by atoms with Crippen LogP contribution in [-0.2, 0) is 15.4 Å². The van der Waals surface area contributed by atoms with Crippen molar-refractivity contribution in [1.29, 1.82) is 0 Å². The van der Waals surface area contributed by atoms with E-state index in [0.29, 0.717) is 17.6 Å². The fourth-order valence-electron chi connectivity index (χ4n) is 2.15. The van der Waals surface area contributed by atoms with E-state index in [-0.39, 0.29) is 4.90 Å². The Bertz CT molecular complexity index is 740. The molecule has 1 aliphatic carbocycles. The number of alkyl halides is 1. The highest BCUT2D eigenvalue weighted by Crippen LogP contribution is 2.50. The number of halogens is 1. The van der Waals surface area contributed by atoms with Crippen molar-refractivity contribution in [2.45, 2.75) is 29.8 Å². The number of pyridine rings is 1. The Hall–Kier alpha value is -1.47. The molecular weight excluding hydrogens is 257 g/mol. The topological polar surface area (TPSA) is 77.5 Å². The monoisotopic (exact) mass is 269 g/mol. The molecule has 2 atom stereocenters. The summed E-state index contributed by atoms with van der Waals surface area (Å²) in [6.45, 7) is 1.81. The van der Waals surface area contributed by atoms with Crippen LogP contribution in [0.3, 0.4) is 0 Å². The summed E-state index contributed by atoms with van der Waals surface area (Å²) in [5.74, 6) is 0. The van der Waals surface area contributed by atoms with Gasteiger partial charge in [-0.25, -0.2) is 22.9 Å². The molecule has 0 bridgehead atoms. The Balaban J connectivity index is 2.18. The van der Waals surface area contributed by atoms with Gasteiger partial charge in [0.25, 0.3) is 0 Å². The number of imidazole rings is 1. The van der Waals surface area contributed by atoms with E-state index in [1.165, 1.54) is 18.6 Å². The molecular formula is C11H12FN3O2S. The Kier molecular flexibility index (Phi) is 2.13. The molecule has 0 spiro atoms. The molecule has 5 nitrogen and oxygen atoms in total. The Morgan fingerprint density at radius 1 is 1.56 bits per heavy atom. The Morgan fingerprint density at radius 3 is 2.78 bits per heavy atom. The van der Waals surface area contributed by atoms with Crippen molar-refractivity contribution in [2.24, 2.45) is 5.14 Å². The minimum absolute atomic E-state index is 0.0108. The number of sulfonamides is 1. The molecule has 0 radical (unpaired) electrons. The van der Waals surface area contributed by atoms with Crippen LogP contribution in [0.2, 0.25) is 0 Å². The molecule has 2 aromatic heterocycles. The smallest absolute Gasteiger partial charge is 0.239 e. The second-order valence-electron chi connectivity index (χ2n) is 4.88. The van der Waals surface area contributed by atoms with Gasteiger partial charge >= 0.3 is 0 Å². The number of hydrogen-bond acceptors (Lipinski definition) is 3. The molecule has 96 valence electrons. The molecule has 2 heterocycles. The lowest BCUT2D eigenvalue weighted by atomic mass is 10.0. The van der Waals surface area contributed by atoms with Gasteiger partial charge in [-0.3, -0.25) is 0 Å². The van der Waals surface area contributed by atoms with Crippen molar-refractivity contribution in [3.63, 3.8) is 0 Å². The summed E-state index contributed by atoms with van der Waals surface area (Å²) in [7, 11) is -3.74. The molecule has 0 aromatic carbocycles. The maximum Gasteiger partial charge on any atom is 0.239 e. The highest BCUT2D eigenvalue weighted by atomic mass is 32.2. The second-order valence-corrected chi connectivity index (χ2v) is 6.45. The minimum Gasteiger partial charge on any atom is -0.305 e. The molecule has 2 aromatic rings. The third kappa shape index (κ3) is 1.54. The molecule has 18 heavy (non-hydrogen) atoms. The third-order valence-electron chi connectivity index (χ3n) is 3.51.